The van der Waals surface area contributed by atoms with E-state index in [9.17, 15) is 9.59 Å². The molecule has 1 heterocycles. The first-order valence-electron chi connectivity index (χ1n) is 10.4. The Bertz CT molecular complexity index is 790. The molecule has 1 aromatic rings. The Hall–Kier alpha value is -2.04. The minimum absolute atomic E-state index is 0. The number of nitrogens with zero attached hydrogens (tertiary/aromatic N) is 2. The highest BCUT2D eigenvalue weighted by molar-refractivity contribution is 14.0. The fourth-order valence-electron chi connectivity index (χ4n) is 3.10. The number of nitrogens with one attached hydrogen (secondary N) is 3. The number of aliphatic imine (C=N–C) groups is 1. The van der Waals surface area contributed by atoms with Crippen molar-refractivity contribution in [1.29, 1.82) is 0 Å². The van der Waals surface area contributed by atoms with Crippen molar-refractivity contribution < 1.29 is 14.3 Å². The van der Waals surface area contributed by atoms with Crippen molar-refractivity contribution >= 4 is 47.6 Å². The highest BCUT2D eigenvalue weighted by Crippen LogP contribution is 2.27. The average molecular weight is 545 g/mol. The van der Waals surface area contributed by atoms with E-state index in [1.165, 1.54) is 5.56 Å². The topological polar surface area (TPSA) is 95.1 Å². The quantitative estimate of drug-likeness (QED) is 0.290. The van der Waals surface area contributed by atoms with Crippen LogP contribution in [0.25, 0.3) is 0 Å². The van der Waals surface area contributed by atoms with E-state index in [0.717, 1.165) is 12.1 Å². The van der Waals surface area contributed by atoms with Gasteiger partial charge in [0.05, 0.1) is 5.54 Å². The number of anilines is 1. The van der Waals surface area contributed by atoms with Gasteiger partial charge in [-0.05, 0) is 59.6 Å². The van der Waals surface area contributed by atoms with E-state index < -0.39 is 17.2 Å². The minimum atomic E-state index is -0.573. The number of amides is 2. The third kappa shape index (κ3) is 8.92. The lowest BCUT2D eigenvalue weighted by Crippen LogP contribution is -2.54. The Morgan fingerprint density at radius 2 is 1.81 bits per heavy atom. The van der Waals surface area contributed by atoms with Crippen molar-refractivity contribution in [3.63, 3.8) is 0 Å². The molecule has 31 heavy (non-hydrogen) atoms. The van der Waals surface area contributed by atoms with Crippen molar-refractivity contribution in [2.45, 2.75) is 59.1 Å². The first-order chi connectivity index (χ1) is 14.0. The fraction of sp³-hybridized carbons (Fsp3) is 0.591. The Balaban J connectivity index is 0.00000480. The molecule has 0 fully saturated rings. The second kappa shape index (κ2) is 11.5. The van der Waals surface area contributed by atoms with Crippen LogP contribution >= 0.6 is 24.0 Å². The van der Waals surface area contributed by atoms with Crippen LogP contribution in [0.3, 0.4) is 0 Å². The lowest BCUT2D eigenvalue weighted by molar-refractivity contribution is -0.117. The summed E-state index contributed by atoms with van der Waals surface area (Å²) in [6, 6.07) is 7.96. The van der Waals surface area contributed by atoms with E-state index in [-0.39, 0.29) is 36.4 Å². The predicted octanol–water partition coefficient (Wildman–Crippen LogP) is 3.05. The SMILES string of the molecule is CCNC(=NCC(=O)N1CCc2ccccc21)NCC(C)(C)NC(=O)OC(C)(C)C.I. The van der Waals surface area contributed by atoms with Crippen LogP contribution < -0.4 is 20.9 Å². The summed E-state index contributed by atoms with van der Waals surface area (Å²) in [5.41, 5.74) is 1.03. The van der Waals surface area contributed by atoms with E-state index in [1.54, 1.807) is 4.90 Å². The molecular formula is C22H36IN5O3. The predicted molar refractivity (Wildman–Crippen MR) is 135 cm³/mol. The van der Waals surface area contributed by atoms with Crippen molar-refractivity contribution in [3.05, 3.63) is 29.8 Å². The van der Waals surface area contributed by atoms with E-state index in [1.807, 2.05) is 59.7 Å². The smallest absolute Gasteiger partial charge is 0.408 e. The zero-order valence-corrected chi connectivity index (χ0v) is 21.7. The molecule has 0 aromatic heterocycles. The monoisotopic (exact) mass is 545 g/mol. The number of hydrogen-bond acceptors (Lipinski definition) is 4. The Labute approximate surface area is 202 Å². The zero-order chi connectivity index (χ0) is 22.4. The summed E-state index contributed by atoms with van der Waals surface area (Å²) in [6.07, 6.45) is 0.396. The number of hydrogen-bond donors (Lipinski definition) is 3. The highest BCUT2D eigenvalue weighted by Gasteiger charge is 2.26. The van der Waals surface area contributed by atoms with Gasteiger partial charge in [0.15, 0.2) is 5.96 Å². The van der Waals surface area contributed by atoms with Crippen molar-refractivity contribution in [1.82, 2.24) is 16.0 Å². The molecule has 0 saturated heterocycles. The minimum Gasteiger partial charge on any atom is -0.444 e. The van der Waals surface area contributed by atoms with E-state index in [0.29, 0.717) is 25.6 Å². The molecule has 0 aliphatic carbocycles. The molecule has 8 nitrogen and oxygen atoms in total. The van der Waals surface area contributed by atoms with Gasteiger partial charge in [0.2, 0.25) is 5.91 Å². The molecule has 0 bridgehead atoms. The Morgan fingerprint density at radius 1 is 1.13 bits per heavy atom. The number of halogens is 1. The van der Waals surface area contributed by atoms with Gasteiger partial charge in [-0.3, -0.25) is 4.79 Å². The molecule has 0 unspecified atom stereocenters. The van der Waals surface area contributed by atoms with E-state index in [2.05, 4.69) is 27.0 Å². The second-order valence-electron chi connectivity index (χ2n) is 8.98. The second-order valence-corrected chi connectivity index (χ2v) is 8.98. The number of carbonyl (C=O) groups is 2. The maximum absolute atomic E-state index is 12.7. The lowest BCUT2D eigenvalue weighted by atomic mass is 10.1. The summed E-state index contributed by atoms with van der Waals surface area (Å²) >= 11 is 0. The van der Waals surface area contributed by atoms with Crippen LogP contribution in [0.4, 0.5) is 10.5 Å². The van der Waals surface area contributed by atoms with Gasteiger partial charge >= 0.3 is 6.09 Å². The van der Waals surface area contributed by atoms with Crippen molar-refractivity contribution in [2.75, 3.05) is 31.1 Å². The number of fused-ring (bicyclic) bond motifs is 1. The molecule has 9 heteroatoms. The van der Waals surface area contributed by atoms with Crippen LogP contribution in [0.1, 0.15) is 47.1 Å². The van der Waals surface area contributed by atoms with Gasteiger partial charge in [-0.2, -0.15) is 0 Å². The largest absolute Gasteiger partial charge is 0.444 e. The normalized spacial score (nSPS) is 13.7. The summed E-state index contributed by atoms with van der Waals surface area (Å²) in [5.74, 6) is 0.487. The average Bonchev–Trinajstić information content (AvgIpc) is 3.06. The van der Waals surface area contributed by atoms with Crippen LogP contribution in [0.5, 0.6) is 0 Å². The first-order valence-corrected chi connectivity index (χ1v) is 10.4. The number of benzene rings is 1. The Kier molecular flexibility index (Phi) is 10.1. The van der Waals surface area contributed by atoms with Gasteiger partial charge in [-0.1, -0.05) is 18.2 Å². The molecule has 174 valence electrons. The van der Waals surface area contributed by atoms with E-state index in [4.69, 9.17) is 4.74 Å². The van der Waals surface area contributed by atoms with Crippen molar-refractivity contribution in [3.8, 4) is 0 Å². The third-order valence-corrected chi connectivity index (χ3v) is 4.44. The van der Waals surface area contributed by atoms with Crippen LogP contribution in [-0.4, -0.2) is 55.3 Å². The number of ether oxygens (including phenoxy) is 1. The summed E-state index contributed by atoms with van der Waals surface area (Å²) < 4.78 is 5.32. The number of guanidine groups is 1. The lowest BCUT2D eigenvalue weighted by Gasteiger charge is -2.29. The third-order valence-electron chi connectivity index (χ3n) is 4.44. The van der Waals surface area contributed by atoms with Gasteiger partial charge in [0, 0.05) is 25.3 Å². The van der Waals surface area contributed by atoms with Gasteiger partial charge < -0.3 is 25.6 Å². The fourth-order valence-corrected chi connectivity index (χ4v) is 3.10. The first kappa shape index (κ1) is 27.0. The molecule has 2 amide bonds. The standard InChI is InChI=1S/C22H35N5O3.HI/c1-7-23-19(25-15-22(5,6)26-20(29)30-21(2,3)4)24-14-18(28)27-13-12-16-10-8-9-11-17(16)27;/h8-11H,7,12-15H2,1-6H3,(H,26,29)(H2,23,24,25);1H. The molecule has 2 rings (SSSR count). The Morgan fingerprint density at radius 3 is 2.45 bits per heavy atom. The molecule has 0 spiro atoms. The van der Waals surface area contributed by atoms with Gasteiger partial charge in [-0.15, -0.1) is 24.0 Å². The van der Waals surface area contributed by atoms with Crippen LogP contribution in [-0.2, 0) is 16.0 Å². The zero-order valence-electron chi connectivity index (χ0n) is 19.4. The number of rotatable bonds is 6. The summed E-state index contributed by atoms with van der Waals surface area (Å²) in [7, 11) is 0. The molecule has 3 N–H and O–H groups in total. The number of alkyl carbamates (subject to hydrolysis) is 1. The summed E-state index contributed by atoms with van der Waals surface area (Å²) in [4.78, 5) is 31.0. The van der Waals surface area contributed by atoms with Crippen LogP contribution in [0.2, 0.25) is 0 Å². The molecule has 1 aliphatic heterocycles. The number of carbonyl (C=O) groups excluding carboxylic acids is 2. The molecule has 1 aliphatic rings. The maximum atomic E-state index is 12.7. The van der Waals surface area contributed by atoms with Gasteiger partial charge in [-0.25, -0.2) is 9.79 Å². The summed E-state index contributed by atoms with van der Waals surface area (Å²) in [5, 5.41) is 9.18. The van der Waals surface area contributed by atoms with Crippen molar-refractivity contribution in [2.24, 2.45) is 4.99 Å². The molecule has 1 aromatic carbocycles. The number of para-hydroxylation sites is 1. The van der Waals surface area contributed by atoms with Crippen LogP contribution in [0, 0.1) is 0 Å². The molecule has 0 saturated carbocycles. The maximum Gasteiger partial charge on any atom is 0.408 e. The van der Waals surface area contributed by atoms with E-state index >= 15 is 0 Å². The van der Waals surface area contributed by atoms with Gasteiger partial charge in [0.25, 0.3) is 0 Å². The molecule has 0 atom stereocenters. The van der Waals surface area contributed by atoms with Crippen LogP contribution in [0.15, 0.2) is 29.3 Å². The summed E-state index contributed by atoms with van der Waals surface area (Å²) in [6.45, 7) is 13.0. The highest BCUT2D eigenvalue weighted by atomic mass is 127. The molecular weight excluding hydrogens is 509 g/mol. The molecule has 0 radical (unpaired) electrons. The van der Waals surface area contributed by atoms with Gasteiger partial charge in [0.1, 0.15) is 12.1 Å².